The van der Waals surface area contributed by atoms with Crippen LogP contribution in [0.4, 0.5) is 11.5 Å². The van der Waals surface area contributed by atoms with Crippen molar-refractivity contribution < 1.29 is 0 Å². The highest BCUT2D eigenvalue weighted by molar-refractivity contribution is 5.68. The summed E-state index contributed by atoms with van der Waals surface area (Å²) < 4.78 is 0. The number of aryl methyl sites for hydroxylation is 1. The summed E-state index contributed by atoms with van der Waals surface area (Å²) in [6.45, 7) is 1.85. The lowest BCUT2D eigenvalue weighted by Gasteiger charge is -2.09. The lowest BCUT2D eigenvalue weighted by Crippen LogP contribution is -2.00. The molecule has 4 nitrogen and oxygen atoms in total. The van der Waals surface area contributed by atoms with Gasteiger partial charge in [0.15, 0.2) is 0 Å². The number of nitrogens with one attached hydrogen (secondary N) is 1. The molecule has 4 heteroatoms. The Labute approximate surface area is 105 Å². The van der Waals surface area contributed by atoms with Crippen LogP contribution in [-0.4, -0.2) is 4.98 Å². The van der Waals surface area contributed by atoms with Crippen molar-refractivity contribution in [1.82, 2.24) is 4.98 Å². The monoisotopic (exact) mass is 234 g/mol. The first kappa shape index (κ1) is 11.6. The molecule has 86 valence electrons. The van der Waals surface area contributed by atoms with Gasteiger partial charge < -0.3 is 5.32 Å². The topological polar surface area (TPSA) is 72.5 Å². The lowest BCUT2D eigenvalue weighted by molar-refractivity contribution is 1.24. The van der Waals surface area contributed by atoms with E-state index in [1.165, 1.54) is 0 Å². The highest BCUT2D eigenvalue weighted by Crippen LogP contribution is 2.22. The fraction of sp³-hybridized carbons (Fsp3) is 0.0714. The van der Waals surface area contributed by atoms with Crippen molar-refractivity contribution in [2.24, 2.45) is 0 Å². The third kappa shape index (κ3) is 2.14. The molecule has 1 aromatic heterocycles. The SMILES string of the molecule is Cc1ccnc(Nc2ccccc2C#N)c1C#N. The van der Waals surface area contributed by atoms with Gasteiger partial charge in [-0.05, 0) is 30.7 Å². The first-order valence-electron chi connectivity index (χ1n) is 5.38. The summed E-state index contributed by atoms with van der Waals surface area (Å²) in [4.78, 5) is 4.14. The van der Waals surface area contributed by atoms with Crippen molar-refractivity contribution in [3.8, 4) is 12.1 Å². The Morgan fingerprint density at radius 1 is 1.11 bits per heavy atom. The van der Waals surface area contributed by atoms with Crippen LogP contribution in [0.5, 0.6) is 0 Å². The zero-order valence-corrected chi connectivity index (χ0v) is 9.81. The number of aromatic nitrogens is 1. The molecule has 0 aliphatic rings. The summed E-state index contributed by atoms with van der Waals surface area (Å²) in [5.74, 6) is 0.472. The van der Waals surface area contributed by atoms with Crippen LogP contribution in [0.3, 0.4) is 0 Å². The molecule has 18 heavy (non-hydrogen) atoms. The van der Waals surface area contributed by atoms with Crippen molar-refractivity contribution in [2.45, 2.75) is 6.92 Å². The number of hydrogen-bond donors (Lipinski definition) is 1. The van der Waals surface area contributed by atoms with Gasteiger partial charge in [0, 0.05) is 6.20 Å². The van der Waals surface area contributed by atoms with E-state index in [-0.39, 0.29) is 0 Å². The zero-order chi connectivity index (χ0) is 13.0. The van der Waals surface area contributed by atoms with Crippen LogP contribution in [-0.2, 0) is 0 Å². The van der Waals surface area contributed by atoms with Crippen LogP contribution >= 0.6 is 0 Å². The van der Waals surface area contributed by atoms with Crippen molar-refractivity contribution in [3.05, 3.63) is 53.2 Å². The maximum Gasteiger partial charge on any atom is 0.148 e. The van der Waals surface area contributed by atoms with Gasteiger partial charge in [0.2, 0.25) is 0 Å². The maximum atomic E-state index is 9.11. The minimum atomic E-state index is 0.472. The van der Waals surface area contributed by atoms with Crippen LogP contribution in [0.1, 0.15) is 16.7 Å². The van der Waals surface area contributed by atoms with Gasteiger partial charge in [-0.25, -0.2) is 4.98 Å². The molecule has 0 bridgehead atoms. The fourth-order valence-corrected chi connectivity index (χ4v) is 1.61. The number of benzene rings is 1. The summed E-state index contributed by atoms with van der Waals surface area (Å²) in [6, 6.07) is 13.1. The van der Waals surface area contributed by atoms with Gasteiger partial charge >= 0.3 is 0 Å². The molecule has 0 fully saturated rings. The second-order valence-electron chi connectivity index (χ2n) is 3.75. The largest absolute Gasteiger partial charge is 0.338 e. The predicted octanol–water partition coefficient (Wildman–Crippen LogP) is 2.88. The molecule has 0 amide bonds. The molecule has 0 unspecified atom stereocenters. The molecule has 0 aliphatic heterocycles. The average Bonchev–Trinajstić information content (AvgIpc) is 2.40. The zero-order valence-electron chi connectivity index (χ0n) is 9.81. The van der Waals surface area contributed by atoms with E-state index in [9.17, 15) is 0 Å². The number of hydrogen-bond acceptors (Lipinski definition) is 4. The highest BCUT2D eigenvalue weighted by Gasteiger charge is 2.08. The molecule has 0 spiro atoms. The Bertz CT molecular complexity index is 662. The van der Waals surface area contributed by atoms with Gasteiger partial charge in [-0.15, -0.1) is 0 Å². The maximum absolute atomic E-state index is 9.11. The normalized spacial score (nSPS) is 9.28. The molecule has 2 aromatic rings. The van der Waals surface area contributed by atoms with Gasteiger partial charge in [-0.2, -0.15) is 10.5 Å². The van der Waals surface area contributed by atoms with Crippen molar-refractivity contribution in [2.75, 3.05) is 5.32 Å². The number of nitrogens with zero attached hydrogens (tertiary/aromatic N) is 3. The average molecular weight is 234 g/mol. The second-order valence-corrected chi connectivity index (χ2v) is 3.75. The fourth-order valence-electron chi connectivity index (χ4n) is 1.61. The van der Waals surface area contributed by atoms with Gasteiger partial charge in [0.1, 0.15) is 18.0 Å². The Kier molecular flexibility index (Phi) is 3.22. The van der Waals surface area contributed by atoms with Crippen LogP contribution in [0.2, 0.25) is 0 Å². The van der Waals surface area contributed by atoms with E-state index in [2.05, 4.69) is 22.4 Å². The van der Waals surface area contributed by atoms with Gasteiger partial charge in [-0.3, -0.25) is 0 Å². The van der Waals surface area contributed by atoms with Gasteiger partial charge in [-0.1, -0.05) is 12.1 Å². The second kappa shape index (κ2) is 4.99. The Morgan fingerprint density at radius 2 is 1.89 bits per heavy atom. The molecule has 0 radical (unpaired) electrons. The molecular formula is C14H10N4. The van der Waals surface area contributed by atoms with E-state index in [0.29, 0.717) is 22.6 Å². The van der Waals surface area contributed by atoms with E-state index >= 15 is 0 Å². The van der Waals surface area contributed by atoms with E-state index in [4.69, 9.17) is 10.5 Å². The first-order valence-corrected chi connectivity index (χ1v) is 5.38. The van der Waals surface area contributed by atoms with E-state index in [1.54, 1.807) is 30.5 Å². The van der Waals surface area contributed by atoms with E-state index in [1.807, 2.05) is 13.0 Å². The van der Waals surface area contributed by atoms with Crippen LogP contribution < -0.4 is 5.32 Å². The molecule has 0 saturated carbocycles. The van der Waals surface area contributed by atoms with Gasteiger partial charge in [0.05, 0.1) is 16.8 Å². The third-order valence-corrected chi connectivity index (χ3v) is 2.57. The molecule has 0 atom stereocenters. The summed E-state index contributed by atoms with van der Waals surface area (Å²) in [5.41, 5.74) is 2.51. The number of pyridine rings is 1. The Morgan fingerprint density at radius 3 is 2.61 bits per heavy atom. The van der Waals surface area contributed by atoms with Gasteiger partial charge in [0.25, 0.3) is 0 Å². The molecule has 1 N–H and O–H groups in total. The third-order valence-electron chi connectivity index (χ3n) is 2.57. The Balaban J connectivity index is 2.45. The number of para-hydroxylation sites is 1. The minimum Gasteiger partial charge on any atom is -0.338 e. The predicted molar refractivity (Wildman–Crippen MR) is 68.1 cm³/mol. The smallest absolute Gasteiger partial charge is 0.148 e. The number of anilines is 2. The molecule has 1 heterocycles. The molecule has 0 saturated heterocycles. The molecular weight excluding hydrogens is 224 g/mol. The number of nitriles is 2. The summed E-state index contributed by atoms with van der Waals surface area (Å²) in [5, 5.41) is 21.1. The number of rotatable bonds is 2. The summed E-state index contributed by atoms with van der Waals surface area (Å²) in [7, 11) is 0. The molecule has 2 rings (SSSR count). The standard InChI is InChI=1S/C14H10N4/c1-10-6-7-17-14(12(10)9-16)18-13-5-3-2-4-11(13)8-15/h2-7H,1H3,(H,17,18). The quantitative estimate of drug-likeness (QED) is 0.867. The van der Waals surface area contributed by atoms with Crippen molar-refractivity contribution in [1.29, 1.82) is 10.5 Å². The molecule has 1 aromatic carbocycles. The molecule has 0 aliphatic carbocycles. The van der Waals surface area contributed by atoms with Crippen LogP contribution in [0.25, 0.3) is 0 Å². The summed E-state index contributed by atoms with van der Waals surface area (Å²) >= 11 is 0. The van der Waals surface area contributed by atoms with Crippen molar-refractivity contribution >= 4 is 11.5 Å². The van der Waals surface area contributed by atoms with Crippen LogP contribution in [0, 0.1) is 29.6 Å². The first-order chi connectivity index (χ1) is 8.76. The van der Waals surface area contributed by atoms with E-state index in [0.717, 1.165) is 5.56 Å². The lowest BCUT2D eigenvalue weighted by atomic mass is 10.1. The Hall–Kier alpha value is -2.85. The highest BCUT2D eigenvalue weighted by atomic mass is 15.0. The minimum absolute atomic E-state index is 0.472. The van der Waals surface area contributed by atoms with Crippen LogP contribution in [0.15, 0.2) is 36.5 Å². The summed E-state index contributed by atoms with van der Waals surface area (Å²) in [6.07, 6.45) is 1.63. The van der Waals surface area contributed by atoms with E-state index < -0.39 is 0 Å². The van der Waals surface area contributed by atoms with Crippen molar-refractivity contribution in [3.63, 3.8) is 0 Å².